The van der Waals surface area contributed by atoms with E-state index in [0.717, 1.165) is 33.4 Å². The third-order valence-corrected chi connectivity index (χ3v) is 6.58. The Morgan fingerprint density at radius 1 is 1.09 bits per heavy atom. The number of hydrogen-bond donors (Lipinski definition) is 5. The van der Waals surface area contributed by atoms with Crippen molar-refractivity contribution in [3.05, 3.63) is 93.5 Å². The molecule has 0 radical (unpaired) electrons. The van der Waals surface area contributed by atoms with Gasteiger partial charge in [0.25, 0.3) is 0 Å². The van der Waals surface area contributed by atoms with E-state index >= 15 is 0 Å². The average molecular weight is 474 g/mol. The number of rotatable bonds is 7. The summed E-state index contributed by atoms with van der Waals surface area (Å²) in [5, 5.41) is 25.9. The van der Waals surface area contributed by atoms with Crippen molar-refractivity contribution in [3.8, 4) is 5.75 Å². The second-order valence-corrected chi connectivity index (χ2v) is 9.22. The van der Waals surface area contributed by atoms with Gasteiger partial charge in [-0.25, -0.2) is 4.79 Å². The van der Waals surface area contributed by atoms with Crippen LogP contribution in [0.4, 0.5) is 5.69 Å². The van der Waals surface area contributed by atoms with Crippen LogP contribution in [0.2, 0.25) is 0 Å². The van der Waals surface area contributed by atoms with Crippen LogP contribution in [0.1, 0.15) is 56.2 Å². The fourth-order valence-corrected chi connectivity index (χ4v) is 4.83. The Balaban J connectivity index is 1.58. The van der Waals surface area contributed by atoms with Crippen LogP contribution in [0, 0.1) is 13.8 Å². The number of nitrogens with one attached hydrogen (secondary N) is 2. The van der Waals surface area contributed by atoms with Gasteiger partial charge in [-0.15, -0.1) is 0 Å². The van der Waals surface area contributed by atoms with Gasteiger partial charge in [0.2, 0.25) is 5.91 Å². The number of carbonyl (C=O) groups excluding carboxylic acids is 1. The van der Waals surface area contributed by atoms with Gasteiger partial charge in [-0.3, -0.25) is 4.79 Å². The van der Waals surface area contributed by atoms with Gasteiger partial charge >= 0.3 is 5.97 Å². The minimum absolute atomic E-state index is 0.189. The van der Waals surface area contributed by atoms with Crippen molar-refractivity contribution < 1.29 is 19.8 Å². The number of carbonyl (C=O) groups is 2. The van der Waals surface area contributed by atoms with E-state index in [2.05, 4.69) is 10.6 Å². The molecule has 0 bridgehead atoms. The van der Waals surface area contributed by atoms with E-state index in [0.29, 0.717) is 31.5 Å². The molecule has 4 rings (SSSR count). The molecule has 1 aliphatic heterocycles. The zero-order valence-electron chi connectivity index (χ0n) is 20.0. The number of phenols is 1. The monoisotopic (exact) mass is 473 g/mol. The molecule has 0 aromatic heterocycles. The van der Waals surface area contributed by atoms with Crippen LogP contribution in [0.3, 0.4) is 0 Å². The lowest BCUT2D eigenvalue weighted by Crippen LogP contribution is -2.45. The molecule has 1 amide bonds. The van der Waals surface area contributed by atoms with Crippen molar-refractivity contribution in [2.45, 2.75) is 45.2 Å². The summed E-state index contributed by atoms with van der Waals surface area (Å²) in [4.78, 5) is 25.1. The summed E-state index contributed by atoms with van der Waals surface area (Å²) in [5.41, 5.74) is 12.5. The maximum Gasteiger partial charge on any atom is 0.337 e. The third kappa shape index (κ3) is 5.46. The minimum Gasteiger partial charge on any atom is -0.508 e. The smallest absolute Gasteiger partial charge is 0.337 e. The van der Waals surface area contributed by atoms with Crippen LogP contribution < -0.4 is 16.4 Å². The first-order chi connectivity index (χ1) is 16.7. The quantitative estimate of drug-likeness (QED) is 0.355. The molecule has 1 aliphatic rings. The van der Waals surface area contributed by atoms with Crippen molar-refractivity contribution in [3.63, 3.8) is 0 Å². The van der Waals surface area contributed by atoms with Gasteiger partial charge < -0.3 is 26.6 Å². The summed E-state index contributed by atoms with van der Waals surface area (Å²) in [7, 11) is 0. The first kappa shape index (κ1) is 24.3. The van der Waals surface area contributed by atoms with Gasteiger partial charge in [0.15, 0.2) is 0 Å². The summed E-state index contributed by atoms with van der Waals surface area (Å²) in [6.45, 7) is 4.32. The highest BCUT2D eigenvalue weighted by Crippen LogP contribution is 2.35. The fraction of sp³-hybridized carbons (Fsp3) is 0.286. The number of fused-ring (bicyclic) bond motifs is 1. The number of amides is 1. The van der Waals surface area contributed by atoms with E-state index in [1.165, 1.54) is 0 Å². The average Bonchev–Trinajstić information content (AvgIpc) is 2.81. The van der Waals surface area contributed by atoms with Crippen LogP contribution in [0.5, 0.6) is 5.75 Å². The lowest BCUT2D eigenvalue weighted by atomic mass is 9.90. The predicted molar refractivity (Wildman–Crippen MR) is 136 cm³/mol. The number of aryl methyl sites for hydroxylation is 2. The highest BCUT2D eigenvalue weighted by Gasteiger charge is 2.28. The summed E-state index contributed by atoms with van der Waals surface area (Å²) >= 11 is 0. The van der Waals surface area contributed by atoms with Crippen molar-refractivity contribution in [2.24, 2.45) is 5.73 Å². The summed E-state index contributed by atoms with van der Waals surface area (Å²) in [5.74, 6) is -1.11. The van der Waals surface area contributed by atoms with Crippen LogP contribution in [-0.4, -0.2) is 34.7 Å². The number of carboxylic acids is 1. The molecule has 0 fully saturated rings. The Kier molecular flexibility index (Phi) is 7.07. The largest absolute Gasteiger partial charge is 0.508 e. The lowest BCUT2D eigenvalue weighted by molar-refractivity contribution is -0.123. The molecule has 182 valence electrons. The second kappa shape index (κ2) is 10.2. The molecule has 2 atom stereocenters. The number of carboxylic acid groups (broad SMARTS) is 1. The molecule has 6 N–H and O–H groups in total. The number of aromatic carboxylic acids is 1. The lowest BCUT2D eigenvalue weighted by Gasteiger charge is -2.30. The number of benzene rings is 3. The molecule has 3 aromatic rings. The molecular formula is C28H31N3O4. The first-order valence-electron chi connectivity index (χ1n) is 11.8. The molecule has 7 heteroatoms. The number of nitrogens with two attached hydrogens (primary N) is 1. The first-order valence-corrected chi connectivity index (χ1v) is 11.8. The van der Waals surface area contributed by atoms with Crippen molar-refractivity contribution in [2.75, 3.05) is 11.9 Å². The van der Waals surface area contributed by atoms with Crippen LogP contribution >= 0.6 is 0 Å². The van der Waals surface area contributed by atoms with Crippen molar-refractivity contribution in [1.82, 2.24) is 5.32 Å². The Morgan fingerprint density at radius 3 is 2.43 bits per heavy atom. The SMILES string of the molecule is Cc1cc(O)cc(C)c1CC(N)C(=O)NC1CCNc2c(C(=O)O)cc(Cc3ccccc3)cc21. The maximum absolute atomic E-state index is 13.1. The van der Waals surface area contributed by atoms with Crippen molar-refractivity contribution >= 4 is 17.6 Å². The Morgan fingerprint density at radius 2 is 1.77 bits per heavy atom. The Bertz CT molecular complexity index is 1230. The molecule has 2 unspecified atom stereocenters. The topological polar surface area (TPSA) is 125 Å². The van der Waals surface area contributed by atoms with Gasteiger partial charge in [0.05, 0.1) is 23.3 Å². The molecule has 0 saturated carbocycles. The number of anilines is 1. The molecule has 7 nitrogen and oxygen atoms in total. The van der Waals surface area contributed by atoms with Gasteiger partial charge in [-0.2, -0.15) is 0 Å². The summed E-state index contributed by atoms with van der Waals surface area (Å²) in [6.07, 6.45) is 1.56. The van der Waals surface area contributed by atoms with Crippen LogP contribution in [0.15, 0.2) is 54.6 Å². The number of phenolic OH excluding ortho intramolecular Hbond substituents is 1. The van der Waals surface area contributed by atoms with Gasteiger partial charge in [0.1, 0.15) is 5.75 Å². The van der Waals surface area contributed by atoms with Gasteiger partial charge in [-0.1, -0.05) is 36.4 Å². The zero-order valence-corrected chi connectivity index (χ0v) is 20.0. The van der Waals surface area contributed by atoms with E-state index in [4.69, 9.17) is 5.73 Å². The molecular weight excluding hydrogens is 442 g/mol. The van der Waals surface area contributed by atoms with E-state index in [-0.39, 0.29) is 23.3 Å². The molecule has 1 heterocycles. The van der Waals surface area contributed by atoms with Gasteiger partial charge in [0, 0.05) is 6.54 Å². The Labute approximate surface area is 205 Å². The normalized spacial score (nSPS) is 15.6. The summed E-state index contributed by atoms with van der Waals surface area (Å²) < 4.78 is 0. The van der Waals surface area contributed by atoms with Crippen LogP contribution in [-0.2, 0) is 17.6 Å². The van der Waals surface area contributed by atoms with E-state index in [1.54, 1.807) is 18.2 Å². The standard InChI is InChI=1S/C28H31N3O4/c1-16-10-20(32)11-17(2)21(16)15-24(29)27(33)31-25-8-9-30-26-22(25)13-19(14-23(26)28(34)35)12-18-6-4-3-5-7-18/h3-7,10-11,13-14,24-25,30,32H,8-9,12,15,29H2,1-2H3,(H,31,33)(H,34,35). The summed E-state index contributed by atoms with van der Waals surface area (Å²) in [6, 6.07) is 15.7. The maximum atomic E-state index is 13.1. The molecule has 0 aliphatic carbocycles. The van der Waals surface area contributed by atoms with E-state index in [9.17, 15) is 19.8 Å². The second-order valence-electron chi connectivity index (χ2n) is 9.22. The van der Waals surface area contributed by atoms with Crippen LogP contribution in [0.25, 0.3) is 0 Å². The van der Waals surface area contributed by atoms with E-state index in [1.807, 2.05) is 50.2 Å². The molecule has 35 heavy (non-hydrogen) atoms. The fourth-order valence-electron chi connectivity index (χ4n) is 4.83. The highest BCUT2D eigenvalue weighted by atomic mass is 16.4. The van der Waals surface area contributed by atoms with Crippen molar-refractivity contribution in [1.29, 1.82) is 0 Å². The van der Waals surface area contributed by atoms with E-state index < -0.39 is 12.0 Å². The van der Waals surface area contributed by atoms with Gasteiger partial charge in [-0.05, 0) is 84.7 Å². The third-order valence-electron chi connectivity index (χ3n) is 6.58. The molecule has 3 aromatic carbocycles. The number of hydrogen-bond acceptors (Lipinski definition) is 5. The minimum atomic E-state index is -1.01. The Hall–Kier alpha value is -3.84. The highest BCUT2D eigenvalue weighted by molar-refractivity contribution is 5.96. The predicted octanol–water partition coefficient (Wildman–Crippen LogP) is 3.84. The number of aromatic hydroxyl groups is 1. The zero-order chi connectivity index (χ0) is 25.1. The molecule has 0 saturated heterocycles. The molecule has 0 spiro atoms.